The zero-order valence-corrected chi connectivity index (χ0v) is 15.4. The van der Waals surface area contributed by atoms with E-state index >= 15 is 0 Å². The van der Waals surface area contributed by atoms with Crippen molar-refractivity contribution in [3.8, 4) is 11.3 Å². The molecule has 1 unspecified atom stereocenters. The molecule has 0 saturated heterocycles. The first kappa shape index (κ1) is 20.2. The fraction of sp³-hybridized carbons (Fsp3) is 0.300. The molecule has 0 fully saturated rings. The van der Waals surface area contributed by atoms with Crippen LogP contribution >= 0.6 is 0 Å². The van der Waals surface area contributed by atoms with Gasteiger partial charge in [0, 0.05) is 24.0 Å². The first-order valence-corrected chi connectivity index (χ1v) is 9.16. The average molecular weight is 426 g/mol. The molecule has 0 aliphatic carbocycles. The molecule has 0 amide bonds. The summed E-state index contributed by atoms with van der Waals surface area (Å²) in [4.78, 5) is 3.36. The quantitative estimate of drug-likeness (QED) is 0.528. The van der Waals surface area contributed by atoms with E-state index in [4.69, 9.17) is 0 Å². The molecule has 1 aliphatic heterocycles. The number of hydrogen-bond acceptors (Lipinski definition) is 3. The Morgan fingerprint density at radius 2 is 1.67 bits per heavy atom. The fourth-order valence-corrected chi connectivity index (χ4v) is 3.47. The smallest absolute Gasteiger partial charge is 0.377 e. The van der Waals surface area contributed by atoms with Crippen LogP contribution in [0, 0.1) is 0 Å². The number of aryl methyl sites for hydroxylation is 1. The normalized spacial score (nSPS) is 16.9. The van der Waals surface area contributed by atoms with Gasteiger partial charge in [-0.2, -0.15) is 31.4 Å². The number of hydrogen-bond donors (Lipinski definition) is 1. The molecule has 3 heterocycles. The van der Waals surface area contributed by atoms with Gasteiger partial charge in [-0.3, -0.25) is 9.67 Å². The van der Waals surface area contributed by atoms with Crippen LogP contribution in [0.4, 0.5) is 32.0 Å². The van der Waals surface area contributed by atoms with Crippen LogP contribution in [-0.4, -0.2) is 14.8 Å². The van der Waals surface area contributed by atoms with E-state index in [0.717, 1.165) is 42.9 Å². The maximum atomic E-state index is 12.9. The Balaban J connectivity index is 1.59. The van der Waals surface area contributed by atoms with Crippen molar-refractivity contribution in [2.24, 2.45) is 0 Å². The van der Waals surface area contributed by atoms with Gasteiger partial charge in [-0.05, 0) is 55.3 Å². The van der Waals surface area contributed by atoms with Gasteiger partial charge in [0.2, 0.25) is 0 Å². The first-order chi connectivity index (χ1) is 14.1. The number of alkyl halides is 6. The van der Waals surface area contributed by atoms with Crippen LogP contribution in [0.1, 0.15) is 35.8 Å². The lowest BCUT2D eigenvalue weighted by Crippen LogP contribution is -2.21. The molecule has 0 spiro atoms. The summed E-state index contributed by atoms with van der Waals surface area (Å²) >= 11 is 0. The average Bonchev–Trinajstić information content (AvgIpc) is 3.13. The van der Waals surface area contributed by atoms with Crippen molar-refractivity contribution in [1.29, 1.82) is 0 Å². The summed E-state index contributed by atoms with van der Waals surface area (Å²) in [5, 5.41) is 7.61. The molecule has 0 saturated carbocycles. The van der Waals surface area contributed by atoms with E-state index in [9.17, 15) is 26.3 Å². The molecule has 0 bridgehead atoms. The fourth-order valence-electron chi connectivity index (χ4n) is 3.47. The molecule has 2 aromatic heterocycles. The summed E-state index contributed by atoms with van der Waals surface area (Å²) in [5.74, 6) is 0. The second kappa shape index (κ2) is 7.33. The summed E-state index contributed by atoms with van der Waals surface area (Å²) < 4.78 is 78.8. The molecule has 3 aromatic rings. The molecule has 158 valence electrons. The molecule has 0 radical (unpaired) electrons. The van der Waals surface area contributed by atoms with Crippen LogP contribution in [0.3, 0.4) is 0 Å². The topological polar surface area (TPSA) is 42.7 Å². The summed E-state index contributed by atoms with van der Waals surface area (Å²) in [6.07, 6.45) is -6.37. The van der Waals surface area contributed by atoms with Gasteiger partial charge in [-0.15, -0.1) is 0 Å². The van der Waals surface area contributed by atoms with E-state index in [1.54, 1.807) is 10.7 Å². The summed E-state index contributed by atoms with van der Waals surface area (Å²) in [5.41, 5.74) is 0.244. The number of halogens is 6. The largest absolute Gasteiger partial charge is 0.433 e. The Bertz CT molecular complexity index is 1040. The van der Waals surface area contributed by atoms with E-state index in [2.05, 4.69) is 15.4 Å². The van der Waals surface area contributed by atoms with Gasteiger partial charge in [0.15, 0.2) is 0 Å². The van der Waals surface area contributed by atoms with Gasteiger partial charge in [-0.25, -0.2) is 0 Å². The molecule has 1 atom stereocenters. The van der Waals surface area contributed by atoms with Gasteiger partial charge in [0.05, 0.1) is 23.0 Å². The second-order valence-electron chi connectivity index (χ2n) is 7.02. The highest BCUT2D eigenvalue weighted by atomic mass is 19.4. The highest BCUT2D eigenvalue weighted by Crippen LogP contribution is 2.35. The van der Waals surface area contributed by atoms with E-state index in [1.807, 2.05) is 0 Å². The minimum absolute atomic E-state index is 0.222. The Kier molecular flexibility index (Phi) is 4.95. The van der Waals surface area contributed by atoms with Crippen LogP contribution in [0.15, 0.2) is 48.7 Å². The standard InChI is InChI=1S/C20H16F6N4/c21-19(22,23)13-3-5-14(6-4-13)28-15-2-1-9-30-17(15)11-16(29-30)12-7-8-27-18(10-12)20(24,25)26/h3-8,10-11,15,28H,1-2,9H2. The molecule has 30 heavy (non-hydrogen) atoms. The Morgan fingerprint density at radius 3 is 2.33 bits per heavy atom. The molecule has 10 heteroatoms. The molecule has 1 N–H and O–H groups in total. The predicted molar refractivity (Wildman–Crippen MR) is 97.5 cm³/mol. The highest BCUT2D eigenvalue weighted by molar-refractivity contribution is 5.60. The van der Waals surface area contributed by atoms with E-state index < -0.39 is 23.6 Å². The number of benzene rings is 1. The van der Waals surface area contributed by atoms with Gasteiger partial charge in [0.1, 0.15) is 5.69 Å². The monoisotopic (exact) mass is 426 g/mol. The minimum atomic E-state index is -4.55. The number of rotatable bonds is 3. The number of fused-ring (bicyclic) bond motifs is 1. The minimum Gasteiger partial charge on any atom is -0.377 e. The Hall–Kier alpha value is -3.04. The maximum absolute atomic E-state index is 12.9. The first-order valence-electron chi connectivity index (χ1n) is 9.16. The van der Waals surface area contributed by atoms with Gasteiger partial charge < -0.3 is 5.32 Å². The summed E-state index contributed by atoms with van der Waals surface area (Å²) in [6, 6.07) is 8.62. The van der Waals surface area contributed by atoms with Gasteiger partial charge in [-0.1, -0.05) is 0 Å². The highest BCUT2D eigenvalue weighted by Gasteiger charge is 2.33. The van der Waals surface area contributed by atoms with Crippen molar-refractivity contribution in [1.82, 2.24) is 14.8 Å². The third-order valence-electron chi connectivity index (χ3n) is 4.93. The predicted octanol–water partition coefficient (Wildman–Crippen LogP) is 5.93. The van der Waals surface area contributed by atoms with Gasteiger partial charge in [0.25, 0.3) is 0 Å². The van der Waals surface area contributed by atoms with E-state index in [1.165, 1.54) is 18.2 Å². The summed E-state index contributed by atoms with van der Waals surface area (Å²) in [6.45, 7) is 0.609. The van der Waals surface area contributed by atoms with Crippen molar-refractivity contribution < 1.29 is 26.3 Å². The zero-order chi connectivity index (χ0) is 21.5. The van der Waals surface area contributed by atoms with Gasteiger partial charge >= 0.3 is 12.4 Å². The lowest BCUT2D eigenvalue weighted by Gasteiger charge is -2.25. The number of anilines is 1. The SMILES string of the molecule is FC(F)(F)c1ccc(NC2CCCn3nc(-c4ccnc(C(F)(F)F)c4)cc32)cc1. The lowest BCUT2D eigenvalue weighted by molar-refractivity contribution is -0.141. The molecule has 1 aromatic carbocycles. The van der Waals surface area contributed by atoms with E-state index in [-0.39, 0.29) is 6.04 Å². The van der Waals surface area contributed by atoms with Crippen LogP contribution in [0.2, 0.25) is 0 Å². The van der Waals surface area contributed by atoms with Crippen molar-refractivity contribution in [2.75, 3.05) is 5.32 Å². The Labute approximate surface area is 167 Å². The molecular weight excluding hydrogens is 410 g/mol. The van der Waals surface area contributed by atoms with Crippen molar-refractivity contribution in [3.63, 3.8) is 0 Å². The van der Waals surface area contributed by atoms with Crippen molar-refractivity contribution in [3.05, 3.63) is 65.6 Å². The second-order valence-corrected chi connectivity index (χ2v) is 7.02. The Morgan fingerprint density at radius 1 is 0.933 bits per heavy atom. The third-order valence-corrected chi connectivity index (χ3v) is 4.93. The number of nitrogens with one attached hydrogen (secondary N) is 1. The van der Waals surface area contributed by atoms with Crippen molar-refractivity contribution in [2.45, 2.75) is 37.8 Å². The van der Waals surface area contributed by atoms with Crippen LogP contribution in [0.5, 0.6) is 0 Å². The van der Waals surface area contributed by atoms with Crippen LogP contribution in [-0.2, 0) is 18.9 Å². The maximum Gasteiger partial charge on any atom is 0.433 e. The molecule has 4 rings (SSSR count). The molecular formula is C20H16F6N4. The third kappa shape index (κ3) is 4.12. The van der Waals surface area contributed by atoms with Crippen molar-refractivity contribution >= 4 is 5.69 Å². The zero-order valence-electron chi connectivity index (χ0n) is 15.4. The van der Waals surface area contributed by atoms with E-state index in [0.29, 0.717) is 23.5 Å². The van der Waals surface area contributed by atoms with Crippen LogP contribution in [0.25, 0.3) is 11.3 Å². The molecule has 4 nitrogen and oxygen atoms in total. The molecule has 1 aliphatic rings. The number of pyridine rings is 1. The number of aromatic nitrogens is 3. The summed E-state index contributed by atoms with van der Waals surface area (Å²) in [7, 11) is 0. The lowest BCUT2D eigenvalue weighted by atomic mass is 10.0. The number of nitrogens with zero attached hydrogens (tertiary/aromatic N) is 3. The van der Waals surface area contributed by atoms with Crippen LogP contribution < -0.4 is 5.32 Å².